The fourth-order valence-electron chi connectivity index (χ4n) is 1.87. The Morgan fingerprint density at radius 1 is 0.812 bits per heavy atom. The molecule has 0 spiro atoms. The molecule has 0 saturated heterocycles. The molecule has 82 valence electrons. The number of hydrogen-bond donors (Lipinski definition) is 2. The van der Waals surface area contributed by atoms with E-state index < -0.39 is 0 Å². The summed E-state index contributed by atoms with van der Waals surface area (Å²) in [5.41, 5.74) is 3.68. The number of hydrogen-bond acceptors (Lipinski definition) is 2. The van der Waals surface area contributed by atoms with Crippen molar-refractivity contribution in [3.63, 3.8) is 0 Å². The molecule has 0 bridgehead atoms. The molecule has 0 saturated carbocycles. The second-order valence-corrected chi connectivity index (χ2v) is 3.94. The van der Waals surface area contributed by atoms with Crippen LogP contribution >= 0.6 is 0 Å². The summed E-state index contributed by atoms with van der Waals surface area (Å²) < 4.78 is 0. The van der Waals surface area contributed by atoms with Crippen LogP contribution in [0.5, 0.6) is 11.5 Å². The standard InChI is InChI=1S/C14H14O2/c1-9-5-3-4-6-11(9)13-10(2)7-8-12(15)14(13)16/h3-8,15-16H,1-2H3. The van der Waals surface area contributed by atoms with Crippen LogP contribution in [0.3, 0.4) is 0 Å². The van der Waals surface area contributed by atoms with Crippen LogP contribution in [0.1, 0.15) is 11.1 Å². The maximum absolute atomic E-state index is 9.91. The molecule has 0 heterocycles. The maximum Gasteiger partial charge on any atom is 0.165 e. The van der Waals surface area contributed by atoms with Gasteiger partial charge in [0.05, 0.1) is 0 Å². The van der Waals surface area contributed by atoms with E-state index in [-0.39, 0.29) is 11.5 Å². The zero-order valence-electron chi connectivity index (χ0n) is 9.36. The van der Waals surface area contributed by atoms with E-state index >= 15 is 0 Å². The largest absolute Gasteiger partial charge is 0.504 e. The van der Waals surface area contributed by atoms with Gasteiger partial charge in [-0.25, -0.2) is 0 Å². The van der Waals surface area contributed by atoms with Crippen molar-refractivity contribution in [3.8, 4) is 22.6 Å². The number of phenolic OH excluding ortho intramolecular Hbond substituents is 2. The van der Waals surface area contributed by atoms with Crippen molar-refractivity contribution in [2.45, 2.75) is 13.8 Å². The normalized spacial score (nSPS) is 10.4. The quantitative estimate of drug-likeness (QED) is 0.714. The number of aryl methyl sites for hydroxylation is 2. The van der Waals surface area contributed by atoms with Gasteiger partial charge in [0, 0.05) is 5.56 Å². The third kappa shape index (κ3) is 1.63. The Morgan fingerprint density at radius 3 is 2.19 bits per heavy atom. The Morgan fingerprint density at radius 2 is 1.50 bits per heavy atom. The number of benzene rings is 2. The van der Waals surface area contributed by atoms with E-state index in [1.807, 2.05) is 38.1 Å². The monoisotopic (exact) mass is 214 g/mol. The highest BCUT2D eigenvalue weighted by Crippen LogP contribution is 2.39. The molecule has 2 nitrogen and oxygen atoms in total. The molecule has 0 aliphatic heterocycles. The molecule has 2 aromatic carbocycles. The van der Waals surface area contributed by atoms with E-state index in [0.29, 0.717) is 5.56 Å². The fourth-order valence-corrected chi connectivity index (χ4v) is 1.87. The molecule has 16 heavy (non-hydrogen) atoms. The molecule has 0 unspecified atom stereocenters. The predicted octanol–water partition coefficient (Wildman–Crippen LogP) is 3.38. The molecule has 2 N–H and O–H groups in total. The molecular weight excluding hydrogens is 200 g/mol. The molecule has 0 atom stereocenters. The van der Waals surface area contributed by atoms with Gasteiger partial charge in [-0.15, -0.1) is 0 Å². The lowest BCUT2D eigenvalue weighted by molar-refractivity contribution is 0.405. The minimum Gasteiger partial charge on any atom is -0.504 e. The van der Waals surface area contributed by atoms with Crippen LogP contribution in [-0.2, 0) is 0 Å². The van der Waals surface area contributed by atoms with Gasteiger partial charge < -0.3 is 10.2 Å². The van der Waals surface area contributed by atoms with E-state index in [1.54, 1.807) is 6.07 Å². The van der Waals surface area contributed by atoms with Gasteiger partial charge in [0.25, 0.3) is 0 Å². The Hall–Kier alpha value is -1.96. The molecule has 0 amide bonds. The second kappa shape index (κ2) is 3.89. The lowest BCUT2D eigenvalue weighted by atomic mass is 9.95. The zero-order chi connectivity index (χ0) is 11.7. The minimum absolute atomic E-state index is 0.0469. The van der Waals surface area contributed by atoms with Gasteiger partial charge >= 0.3 is 0 Å². The van der Waals surface area contributed by atoms with Gasteiger partial charge in [0.2, 0.25) is 0 Å². The maximum atomic E-state index is 9.91. The van der Waals surface area contributed by atoms with Crippen LogP contribution in [0, 0.1) is 13.8 Å². The smallest absolute Gasteiger partial charge is 0.165 e. The Balaban J connectivity index is 2.74. The average Bonchev–Trinajstić information content (AvgIpc) is 2.27. The van der Waals surface area contributed by atoms with Crippen molar-refractivity contribution >= 4 is 0 Å². The summed E-state index contributed by atoms with van der Waals surface area (Å²) in [5.74, 6) is -0.127. The van der Waals surface area contributed by atoms with Crippen molar-refractivity contribution < 1.29 is 10.2 Å². The average molecular weight is 214 g/mol. The summed E-state index contributed by atoms with van der Waals surface area (Å²) in [6.07, 6.45) is 0. The third-order valence-electron chi connectivity index (χ3n) is 2.78. The van der Waals surface area contributed by atoms with E-state index in [4.69, 9.17) is 0 Å². The van der Waals surface area contributed by atoms with Crippen LogP contribution in [0.2, 0.25) is 0 Å². The molecule has 0 aromatic heterocycles. The first-order chi connectivity index (χ1) is 7.61. The van der Waals surface area contributed by atoms with E-state index in [0.717, 1.165) is 16.7 Å². The highest BCUT2D eigenvalue weighted by molar-refractivity contribution is 5.78. The van der Waals surface area contributed by atoms with Gasteiger partial charge in [0.15, 0.2) is 11.5 Å². The zero-order valence-corrected chi connectivity index (χ0v) is 9.36. The van der Waals surface area contributed by atoms with Gasteiger partial charge in [-0.3, -0.25) is 0 Å². The van der Waals surface area contributed by atoms with E-state index in [2.05, 4.69) is 0 Å². The SMILES string of the molecule is Cc1ccccc1-c1c(C)ccc(O)c1O. The van der Waals surface area contributed by atoms with Crippen molar-refractivity contribution in [2.24, 2.45) is 0 Å². The second-order valence-electron chi connectivity index (χ2n) is 3.94. The molecule has 0 fully saturated rings. The lowest BCUT2D eigenvalue weighted by Gasteiger charge is -2.12. The van der Waals surface area contributed by atoms with Crippen molar-refractivity contribution in [2.75, 3.05) is 0 Å². The summed E-state index contributed by atoms with van der Waals surface area (Å²) >= 11 is 0. The predicted molar refractivity (Wildman–Crippen MR) is 64.7 cm³/mol. The van der Waals surface area contributed by atoms with Crippen molar-refractivity contribution in [3.05, 3.63) is 47.5 Å². The number of aromatic hydroxyl groups is 2. The van der Waals surface area contributed by atoms with Crippen LogP contribution in [0.25, 0.3) is 11.1 Å². The first-order valence-electron chi connectivity index (χ1n) is 5.19. The highest BCUT2D eigenvalue weighted by atomic mass is 16.3. The lowest BCUT2D eigenvalue weighted by Crippen LogP contribution is -1.87. The van der Waals surface area contributed by atoms with Crippen LogP contribution in [-0.4, -0.2) is 10.2 Å². The molecule has 0 aliphatic rings. The fraction of sp³-hybridized carbons (Fsp3) is 0.143. The molecular formula is C14H14O2. The van der Waals surface area contributed by atoms with Gasteiger partial charge in [0.1, 0.15) is 0 Å². The molecule has 2 aromatic rings. The minimum atomic E-state index is -0.0798. The topological polar surface area (TPSA) is 40.5 Å². The van der Waals surface area contributed by atoms with Crippen LogP contribution < -0.4 is 0 Å². The Labute approximate surface area is 94.8 Å². The number of rotatable bonds is 1. The first-order valence-corrected chi connectivity index (χ1v) is 5.19. The summed E-state index contributed by atoms with van der Waals surface area (Å²) in [5, 5.41) is 19.4. The Kier molecular flexibility index (Phi) is 2.57. The Bertz CT molecular complexity index is 530. The van der Waals surface area contributed by atoms with Crippen LogP contribution in [0.4, 0.5) is 0 Å². The van der Waals surface area contributed by atoms with E-state index in [9.17, 15) is 10.2 Å². The number of phenols is 2. The van der Waals surface area contributed by atoms with Gasteiger partial charge in [-0.2, -0.15) is 0 Å². The highest BCUT2D eigenvalue weighted by Gasteiger charge is 2.12. The van der Waals surface area contributed by atoms with Gasteiger partial charge in [-0.05, 0) is 36.6 Å². The molecule has 0 radical (unpaired) electrons. The van der Waals surface area contributed by atoms with E-state index in [1.165, 1.54) is 6.07 Å². The first kappa shape index (κ1) is 10.6. The summed E-state index contributed by atoms with van der Waals surface area (Å²) in [6.45, 7) is 3.90. The van der Waals surface area contributed by atoms with Crippen molar-refractivity contribution in [1.29, 1.82) is 0 Å². The van der Waals surface area contributed by atoms with Gasteiger partial charge in [-0.1, -0.05) is 30.3 Å². The summed E-state index contributed by atoms with van der Waals surface area (Å²) in [7, 11) is 0. The molecule has 2 rings (SSSR count). The summed E-state index contributed by atoms with van der Waals surface area (Å²) in [4.78, 5) is 0. The van der Waals surface area contributed by atoms with Crippen molar-refractivity contribution in [1.82, 2.24) is 0 Å². The summed E-state index contributed by atoms with van der Waals surface area (Å²) in [6, 6.07) is 11.1. The molecule has 2 heteroatoms. The third-order valence-corrected chi connectivity index (χ3v) is 2.78. The van der Waals surface area contributed by atoms with Crippen LogP contribution in [0.15, 0.2) is 36.4 Å². The molecule has 0 aliphatic carbocycles.